The van der Waals surface area contributed by atoms with Gasteiger partial charge < -0.3 is 4.90 Å². The molecule has 0 bridgehead atoms. The third kappa shape index (κ3) is 5.57. The summed E-state index contributed by atoms with van der Waals surface area (Å²) in [6.07, 6.45) is 4.55. The summed E-state index contributed by atoms with van der Waals surface area (Å²) in [5.41, 5.74) is 2.09. The summed E-state index contributed by atoms with van der Waals surface area (Å²) in [6.45, 7) is 3.58. The number of nitrogens with one attached hydrogen (secondary N) is 1. The van der Waals surface area contributed by atoms with Crippen LogP contribution in [-0.2, 0) is 26.7 Å². The number of anilines is 1. The maximum Gasteiger partial charge on any atom is 0.273 e. The van der Waals surface area contributed by atoms with Crippen LogP contribution in [0.2, 0.25) is 0 Å². The number of sulfonamides is 1. The lowest BCUT2D eigenvalue weighted by Crippen LogP contribution is -2.31. The van der Waals surface area contributed by atoms with Gasteiger partial charge in [-0.3, -0.25) is 19.3 Å². The topological polar surface area (TPSA) is 122 Å². The van der Waals surface area contributed by atoms with Crippen LogP contribution in [-0.4, -0.2) is 59.3 Å². The van der Waals surface area contributed by atoms with E-state index in [1.165, 1.54) is 22.4 Å². The average Bonchev–Trinajstić information content (AvgIpc) is 3.59. The highest BCUT2D eigenvalue weighted by Gasteiger charge is 2.37. The molecule has 4 rings (SSSR count). The number of benzene rings is 1. The predicted molar refractivity (Wildman–Crippen MR) is 135 cm³/mol. The predicted octanol–water partition coefficient (Wildman–Crippen LogP) is 3.30. The van der Waals surface area contributed by atoms with Crippen LogP contribution in [0.3, 0.4) is 0 Å². The molecule has 35 heavy (non-hydrogen) atoms. The van der Waals surface area contributed by atoms with E-state index in [1.54, 1.807) is 39.5 Å². The van der Waals surface area contributed by atoms with Gasteiger partial charge in [0, 0.05) is 31.5 Å². The zero-order valence-electron chi connectivity index (χ0n) is 20.0. The van der Waals surface area contributed by atoms with E-state index in [1.807, 2.05) is 24.3 Å². The molecule has 0 atom stereocenters. The Morgan fingerprint density at radius 2 is 1.80 bits per heavy atom. The van der Waals surface area contributed by atoms with Crippen molar-refractivity contribution in [2.75, 3.05) is 18.8 Å². The van der Waals surface area contributed by atoms with Crippen LogP contribution in [0.5, 0.6) is 0 Å². The van der Waals surface area contributed by atoms with Crippen LogP contribution in [0.4, 0.5) is 5.13 Å². The van der Waals surface area contributed by atoms with E-state index < -0.39 is 15.4 Å². The van der Waals surface area contributed by atoms with Gasteiger partial charge in [-0.15, -0.1) is 11.3 Å². The van der Waals surface area contributed by atoms with Gasteiger partial charge in [0.05, 0.1) is 34.4 Å². The molecule has 2 aromatic heterocycles. The SMILES string of the molecule is CN(C)C(=O)c1cncc(-c2ccc(CC(=O)C(C)(C)c3csc(NS(=O)(=O)C4CC4)n3)cc2)n1. The molecule has 0 saturated heterocycles. The van der Waals surface area contributed by atoms with Crippen molar-refractivity contribution < 1.29 is 18.0 Å². The largest absolute Gasteiger partial charge is 0.343 e. The molecule has 1 fully saturated rings. The molecular weight excluding hydrogens is 486 g/mol. The van der Waals surface area contributed by atoms with Gasteiger partial charge in [-0.2, -0.15) is 0 Å². The van der Waals surface area contributed by atoms with E-state index in [0.717, 1.165) is 11.1 Å². The van der Waals surface area contributed by atoms with Crippen molar-refractivity contribution >= 4 is 38.2 Å². The van der Waals surface area contributed by atoms with E-state index in [2.05, 4.69) is 19.7 Å². The molecule has 11 heteroatoms. The maximum absolute atomic E-state index is 13.1. The first-order chi connectivity index (χ1) is 16.5. The Morgan fingerprint density at radius 1 is 1.11 bits per heavy atom. The summed E-state index contributed by atoms with van der Waals surface area (Å²) < 4.78 is 26.9. The van der Waals surface area contributed by atoms with Gasteiger partial charge in [0.1, 0.15) is 11.5 Å². The van der Waals surface area contributed by atoms with Crippen LogP contribution in [0, 0.1) is 0 Å². The van der Waals surface area contributed by atoms with Crippen molar-refractivity contribution in [3.8, 4) is 11.3 Å². The van der Waals surface area contributed by atoms with Gasteiger partial charge >= 0.3 is 0 Å². The molecule has 9 nitrogen and oxygen atoms in total. The number of aromatic nitrogens is 3. The molecule has 1 N–H and O–H groups in total. The lowest BCUT2D eigenvalue weighted by Gasteiger charge is -2.21. The molecule has 1 amide bonds. The highest BCUT2D eigenvalue weighted by Crippen LogP contribution is 2.33. The van der Waals surface area contributed by atoms with Gasteiger partial charge in [0.15, 0.2) is 5.13 Å². The molecule has 1 aromatic carbocycles. The summed E-state index contributed by atoms with van der Waals surface area (Å²) in [5.74, 6) is -0.264. The molecule has 0 aliphatic heterocycles. The minimum absolute atomic E-state index is 0.0366. The summed E-state index contributed by atoms with van der Waals surface area (Å²) in [7, 11) is -0.0861. The molecule has 0 spiro atoms. The molecular formula is C24H27N5O4S2. The highest BCUT2D eigenvalue weighted by atomic mass is 32.2. The fourth-order valence-electron chi connectivity index (χ4n) is 3.37. The minimum Gasteiger partial charge on any atom is -0.343 e. The first kappa shape index (κ1) is 24.9. The number of amides is 1. The maximum atomic E-state index is 13.1. The van der Waals surface area contributed by atoms with E-state index >= 15 is 0 Å². The second kappa shape index (κ2) is 9.46. The number of hydrogen-bond acceptors (Lipinski definition) is 8. The molecule has 0 unspecified atom stereocenters. The monoisotopic (exact) mass is 513 g/mol. The first-order valence-corrected chi connectivity index (χ1v) is 13.5. The first-order valence-electron chi connectivity index (χ1n) is 11.1. The summed E-state index contributed by atoms with van der Waals surface area (Å²) in [4.78, 5) is 39.7. The Morgan fingerprint density at radius 3 is 2.43 bits per heavy atom. The number of nitrogens with zero attached hydrogens (tertiary/aromatic N) is 4. The van der Waals surface area contributed by atoms with Crippen molar-refractivity contribution in [3.63, 3.8) is 0 Å². The molecule has 1 aliphatic rings. The third-order valence-electron chi connectivity index (χ3n) is 5.91. The number of carbonyl (C=O) groups is 2. The number of hydrogen-bond donors (Lipinski definition) is 1. The number of thiazole rings is 1. The summed E-state index contributed by atoms with van der Waals surface area (Å²) >= 11 is 1.18. The quantitative estimate of drug-likeness (QED) is 0.466. The molecule has 1 aliphatic carbocycles. The van der Waals surface area contributed by atoms with Gasteiger partial charge in [0.25, 0.3) is 5.91 Å². The van der Waals surface area contributed by atoms with Gasteiger partial charge in [-0.1, -0.05) is 24.3 Å². The summed E-state index contributed by atoms with van der Waals surface area (Å²) in [6, 6.07) is 7.39. The Hall–Kier alpha value is -3.18. The fraction of sp³-hybridized carbons (Fsp3) is 0.375. The van der Waals surface area contributed by atoms with Crippen LogP contribution in [0.15, 0.2) is 42.0 Å². The smallest absolute Gasteiger partial charge is 0.273 e. The Labute approximate surface area is 208 Å². The standard InChI is InChI=1S/C24H27N5O4S2/c1-24(2,20-14-34-23(27-20)28-35(32,33)17-9-10-17)21(30)11-15-5-7-16(8-6-15)18-12-25-13-19(26-18)22(31)29(3)4/h5-8,12-14,17H,9-11H2,1-4H3,(H,27,28). The van der Waals surface area contributed by atoms with Crippen LogP contribution in [0.1, 0.15) is 48.4 Å². The molecule has 1 saturated carbocycles. The Balaban J connectivity index is 1.44. The second-order valence-corrected chi connectivity index (χ2v) is 12.1. The lowest BCUT2D eigenvalue weighted by molar-refractivity contribution is -0.122. The van der Waals surface area contributed by atoms with E-state index in [9.17, 15) is 18.0 Å². The van der Waals surface area contributed by atoms with Crippen molar-refractivity contribution in [3.05, 3.63) is 59.0 Å². The molecule has 0 radical (unpaired) electrons. The van der Waals surface area contributed by atoms with E-state index in [4.69, 9.17) is 0 Å². The van der Waals surface area contributed by atoms with Crippen molar-refractivity contribution in [1.82, 2.24) is 19.9 Å². The zero-order chi connectivity index (χ0) is 25.4. The van der Waals surface area contributed by atoms with Gasteiger partial charge in [-0.25, -0.2) is 18.4 Å². The minimum atomic E-state index is -3.40. The molecule has 184 valence electrons. The Kier molecular flexibility index (Phi) is 6.74. The van der Waals surface area contributed by atoms with Crippen molar-refractivity contribution in [2.24, 2.45) is 0 Å². The summed E-state index contributed by atoms with van der Waals surface area (Å²) in [5, 5.41) is 1.68. The normalized spacial score (nSPS) is 13.9. The molecule has 3 aromatic rings. The van der Waals surface area contributed by atoms with Crippen LogP contribution < -0.4 is 4.72 Å². The van der Waals surface area contributed by atoms with E-state index in [0.29, 0.717) is 24.2 Å². The van der Waals surface area contributed by atoms with Gasteiger partial charge in [0.2, 0.25) is 10.0 Å². The highest BCUT2D eigenvalue weighted by molar-refractivity contribution is 7.93. The Bertz CT molecular complexity index is 1360. The van der Waals surface area contributed by atoms with Gasteiger partial charge in [-0.05, 0) is 32.3 Å². The van der Waals surface area contributed by atoms with Crippen molar-refractivity contribution in [1.29, 1.82) is 0 Å². The molecule has 2 heterocycles. The zero-order valence-corrected chi connectivity index (χ0v) is 21.6. The van der Waals surface area contributed by atoms with E-state index in [-0.39, 0.29) is 34.2 Å². The number of rotatable bonds is 9. The lowest BCUT2D eigenvalue weighted by atomic mass is 9.82. The van der Waals surface area contributed by atoms with Crippen LogP contribution in [0.25, 0.3) is 11.3 Å². The second-order valence-electron chi connectivity index (χ2n) is 9.30. The number of Topliss-reactive ketones (excluding diaryl/α,β-unsaturated/α-hetero) is 1. The van der Waals surface area contributed by atoms with Crippen molar-refractivity contribution in [2.45, 2.75) is 43.8 Å². The number of ketones is 1. The van der Waals surface area contributed by atoms with Crippen LogP contribution >= 0.6 is 11.3 Å². The average molecular weight is 514 g/mol. The third-order valence-corrected chi connectivity index (χ3v) is 8.62. The number of carbonyl (C=O) groups excluding carboxylic acids is 2. The fourth-order valence-corrected chi connectivity index (χ4v) is 5.85.